The Morgan fingerprint density at radius 3 is 2.25 bits per heavy atom. The summed E-state index contributed by atoms with van der Waals surface area (Å²) in [6.07, 6.45) is 1.27. The Morgan fingerprint density at radius 1 is 1.62 bits per heavy atom. The number of nitrogens with zero attached hydrogens (tertiary/aromatic N) is 1. The van der Waals surface area contributed by atoms with Gasteiger partial charge in [-0.3, -0.25) is 4.79 Å². The van der Waals surface area contributed by atoms with Gasteiger partial charge in [-0.25, -0.2) is 4.39 Å². The highest BCUT2D eigenvalue weighted by atomic mass is 19.1. The van der Waals surface area contributed by atoms with Crippen LogP contribution >= 0.6 is 0 Å². The van der Waals surface area contributed by atoms with Crippen LogP contribution in [0, 0.1) is 0 Å². The summed E-state index contributed by atoms with van der Waals surface area (Å²) in [7, 11) is 3.28. The molecule has 0 aromatic carbocycles. The lowest BCUT2D eigenvalue weighted by molar-refractivity contribution is -0.106. The molecule has 2 nitrogen and oxygen atoms in total. The molecule has 0 aliphatic rings. The Hall–Kier alpha value is -0.860. The molecule has 0 saturated carbocycles. The average molecular weight is 117 g/mol. The van der Waals surface area contributed by atoms with E-state index in [2.05, 4.69) is 0 Å². The first kappa shape index (κ1) is 7.14. The number of halogens is 1. The highest BCUT2D eigenvalue weighted by Crippen LogP contribution is 1.89. The van der Waals surface area contributed by atoms with Crippen molar-refractivity contribution in [2.75, 3.05) is 14.1 Å². The van der Waals surface area contributed by atoms with Crippen molar-refractivity contribution >= 4 is 6.29 Å². The highest BCUT2D eigenvalue weighted by Gasteiger charge is 1.87. The van der Waals surface area contributed by atoms with Gasteiger partial charge in [0.2, 0.25) is 0 Å². The van der Waals surface area contributed by atoms with Gasteiger partial charge in [-0.15, -0.1) is 0 Å². The molecule has 0 N–H and O–H groups in total. The van der Waals surface area contributed by atoms with Crippen LogP contribution in [0.5, 0.6) is 0 Å². The lowest BCUT2D eigenvalue weighted by Crippen LogP contribution is -2.01. The molecule has 0 aliphatic heterocycles. The summed E-state index contributed by atoms with van der Waals surface area (Å²) in [5, 5.41) is 0. The summed E-state index contributed by atoms with van der Waals surface area (Å²) in [4.78, 5) is 11.0. The molecule has 0 aromatic heterocycles. The van der Waals surface area contributed by atoms with Crippen LogP contribution in [0.3, 0.4) is 0 Å². The normalized spacial score (nSPS) is 11.1. The maximum absolute atomic E-state index is 11.8. The zero-order valence-corrected chi connectivity index (χ0v) is 4.89. The van der Waals surface area contributed by atoms with Gasteiger partial charge < -0.3 is 4.90 Å². The molecule has 0 heterocycles. The predicted octanol–water partition coefficient (Wildman–Crippen LogP) is 0.558. The summed E-state index contributed by atoms with van der Waals surface area (Å²) < 4.78 is 11.8. The van der Waals surface area contributed by atoms with Crippen molar-refractivity contribution in [1.29, 1.82) is 0 Å². The Kier molecular flexibility index (Phi) is 2.84. The van der Waals surface area contributed by atoms with E-state index in [4.69, 9.17) is 0 Å². The molecular formula is C5H8FNO. The van der Waals surface area contributed by atoms with Gasteiger partial charge in [0.1, 0.15) is 0 Å². The molecule has 0 unspecified atom stereocenters. The number of carbonyl (C=O) groups is 1. The Morgan fingerprint density at radius 2 is 2.12 bits per heavy atom. The molecule has 0 aromatic rings. The van der Waals surface area contributed by atoms with E-state index < -0.39 is 5.83 Å². The first-order valence-electron chi connectivity index (χ1n) is 2.15. The number of aldehydes is 1. The SMILES string of the molecule is CN(C)/C=C(/F)C=O. The fourth-order valence-electron chi connectivity index (χ4n) is 0.277. The minimum absolute atomic E-state index is 0.167. The van der Waals surface area contributed by atoms with Gasteiger partial charge in [-0.05, 0) is 0 Å². The van der Waals surface area contributed by atoms with E-state index >= 15 is 0 Å². The summed E-state index contributed by atoms with van der Waals surface area (Å²) in [6.45, 7) is 0. The van der Waals surface area contributed by atoms with Crippen molar-refractivity contribution in [3.63, 3.8) is 0 Å². The largest absolute Gasteiger partial charge is 0.381 e. The van der Waals surface area contributed by atoms with E-state index in [1.165, 1.54) is 4.90 Å². The zero-order chi connectivity index (χ0) is 6.57. The van der Waals surface area contributed by atoms with E-state index in [0.29, 0.717) is 0 Å². The maximum Gasteiger partial charge on any atom is 0.179 e. The minimum Gasteiger partial charge on any atom is -0.381 e. The molecule has 0 rings (SSSR count). The summed E-state index contributed by atoms with van der Waals surface area (Å²) in [5.41, 5.74) is 0. The van der Waals surface area contributed by atoms with Gasteiger partial charge in [-0.1, -0.05) is 0 Å². The highest BCUT2D eigenvalue weighted by molar-refractivity contribution is 5.69. The average Bonchev–Trinajstić information content (AvgIpc) is 1.65. The maximum atomic E-state index is 11.8. The van der Waals surface area contributed by atoms with Crippen LogP contribution in [0.25, 0.3) is 0 Å². The van der Waals surface area contributed by atoms with Gasteiger partial charge in [0.05, 0.1) is 0 Å². The van der Waals surface area contributed by atoms with Gasteiger partial charge in [0.25, 0.3) is 0 Å². The first-order valence-corrected chi connectivity index (χ1v) is 2.15. The smallest absolute Gasteiger partial charge is 0.179 e. The van der Waals surface area contributed by atoms with Crippen molar-refractivity contribution in [3.05, 3.63) is 12.0 Å². The van der Waals surface area contributed by atoms with E-state index in [1.807, 2.05) is 0 Å². The molecule has 0 atom stereocenters. The third-order valence-electron chi connectivity index (χ3n) is 0.494. The molecule has 8 heavy (non-hydrogen) atoms. The van der Waals surface area contributed by atoms with Gasteiger partial charge in [0, 0.05) is 20.3 Å². The summed E-state index contributed by atoms with van der Waals surface area (Å²) in [6, 6.07) is 0. The van der Waals surface area contributed by atoms with E-state index in [1.54, 1.807) is 14.1 Å². The Bertz CT molecular complexity index is 109. The van der Waals surface area contributed by atoms with E-state index in [0.717, 1.165) is 6.20 Å². The third kappa shape index (κ3) is 3.33. The second-order valence-corrected chi connectivity index (χ2v) is 1.60. The molecule has 0 spiro atoms. The molecule has 0 fully saturated rings. The fourth-order valence-corrected chi connectivity index (χ4v) is 0.277. The number of allylic oxidation sites excluding steroid dienone is 1. The Labute approximate surface area is 47.6 Å². The number of hydrogen-bond donors (Lipinski definition) is 0. The van der Waals surface area contributed by atoms with Crippen molar-refractivity contribution in [1.82, 2.24) is 4.90 Å². The van der Waals surface area contributed by atoms with Crippen LogP contribution in [0.2, 0.25) is 0 Å². The van der Waals surface area contributed by atoms with Crippen LogP contribution in [0.15, 0.2) is 12.0 Å². The van der Waals surface area contributed by atoms with Crippen molar-refractivity contribution < 1.29 is 9.18 Å². The standard InChI is InChI=1S/C5H8FNO/c1-7(2)3-5(6)4-8/h3-4H,1-2H3/b5-3+. The van der Waals surface area contributed by atoms with E-state index in [9.17, 15) is 9.18 Å². The molecule has 0 bridgehead atoms. The number of carbonyl (C=O) groups excluding carboxylic acids is 1. The van der Waals surface area contributed by atoms with Crippen LogP contribution in [-0.2, 0) is 4.79 Å². The van der Waals surface area contributed by atoms with E-state index in [-0.39, 0.29) is 6.29 Å². The lowest BCUT2D eigenvalue weighted by Gasteiger charge is -2.00. The van der Waals surface area contributed by atoms with Gasteiger partial charge in [0.15, 0.2) is 12.1 Å². The van der Waals surface area contributed by atoms with Crippen LogP contribution in [-0.4, -0.2) is 25.3 Å². The second kappa shape index (κ2) is 3.18. The van der Waals surface area contributed by atoms with Gasteiger partial charge >= 0.3 is 0 Å². The molecule has 0 saturated heterocycles. The van der Waals surface area contributed by atoms with Crippen LogP contribution < -0.4 is 0 Å². The van der Waals surface area contributed by atoms with Crippen LogP contribution in [0.1, 0.15) is 0 Å². The topological polar surface area (TPSA) is 20.3 Å². The summed E-state index contributed by atoms with van der Waals surface area (Å²) in [5.74, 6) is -0.755. The monoisotopic (exact) mass is 117 g/mol. The first-order chi connectivity index (χ1) is 3.66. The quantitative estimate of drug-likeness (QED) is 0.389. The molecule has 46 valence electrons. The molecule has 0 radical (unpaired) electrons. The predicted molar refractivity (Wildman–Crippen MR) is 28.9 cm³/mol. The number of rotatable bonds is 2. The molecule has 0 aliphatic carbocycles. The zero-order valence-electron chi connectivity index (χ0n) is 4.89. The Balaban J connectivity index is 3.74. The molecule has 0 amide bonds. The molecular weight excluding hydrogens is 109 g/mol. The molecule has 3 heteroatoms. The fraction of sp³-hybridized carbons (Fsp3) is 0.400. The third-order valence-corrected chi connectivity index (χ3v) is 0.494. The lowest BCUT2D eigenvalue weighted by atomic mass is 10.6. The van der Waals surface area contributed by atoms with Crippen molar-refractivity contribution in [3.8, 4) is 0 Å². The number of hydrogen-bond acceptors (Lipinski definition) is 2. The van der Waals surface area contributed by atoms with Crippen molar-refractivity contribution in [2.45, 2.75) is 0 Å². The van der Waals surface area contributed by atoms with Crippen molar-refractivity contribution in [2.24, 2.45) is 0 Å². The minimum atomic E-state index is -0.755. The second-order valence-electron chi connectivity index (χ2n) is 1.60. The summed E-state index contributed by atoms with van der Waals surface area (Å²) >= 11 is 0. The van der Waals surface area contributed by atoms with Gasteiger partial charge in [-0.2, -0.15) is 0 Å². The van der Waals surface area contributed by atoms with Crippen LogP contribution in [0.4, 0.5) is 4.39 Å².